The zero-order valence-electron chi connectivity index (χ0n) is 25.8. The standard InChI is InChI=1S/C34H45N3O4S/c1-7-27(4)35-34(39)32(23-29-17-9-8-10-18-29)36(24-30-19-12-11-15-26(30)3)33(38)21-14-22-37(42(6,40)41)31-20-13-16-25(2)28(31)5/h8-13,15-20,27,32H,7,14,21-24H2,1-6H3,(H,35,39). The predicted octanol–water partition coefficient (Wildman–Crippen LogP) is 5.71. The van der Waals surface area contributed by atoms with E-state index in [0.717, 1.165) is 34.2 Å². The molecule has 0 saturated carbocycles. The van der Waals surface area contributed by atoms with Crippen LogP contribution < -0.4 is 9.62 Å². The van der Waals surface area contributed by atoms with Gasteiger partial charge < -0.3 is 10.2 Å². The number of benzene rings is 3. The maximum Gasteiger partial charge on any atom is 0.243 e. The molecule has 2 atom stereocenters. The Morgan fingerprint density at radius 2 is 1.52 bits per heavy atom. The maximum absolute atomic E-state index is 14.0. The van der Waals surface area contributed by atoms with Crippen molar-refractivity contribution in [3.05, 3.63) is 101 Å². The molecule has 0 heterocycles. The number of amides is 2. The number of carbonyl (C=O) groups excluding carboxylic acids is 2. The van der Waals surface area contributed by atoms with Gasteiger partial charge in [-0.05, 0) is 74.4 Å². The molecule has 0 aliphatic rings. The molecule has 0 aliphatic carbocycles. The van der Waals surface area contributed by atoms with Crippen molar-refractivity contribution in [3.8, 4) is 0 Å². The smallest absolute Gasteiger partial charge is 0.243 e. The monoisotopic (exact) mass is 591 g/mol. The minimum atomic E-state index is -3.57. The molecule has 226 valence electrons. The summed E-state index contributed by atoms with van der Waals surface area (Å²) in [6.07, 6.45) is 2.75. The second kappa shape index (κ2) is 15.0. The molecular formula is C34H45N3O4S. The molecule has 0 radical (unpaired) electrons. The third kappa shape index (κ3) is 8.92. The highest BCUT2D eigenvalue weighted by Gasteiger charge is 2.31. The Labute approximate surface area is 252 Å². The van der Waals surface area contributed by atoms with E-state index in [1.54, 1.807) is 11.0 Å². The molecule has 2 amide bonds. The summed E-state index contributed by atoms with van der Waals surface area (Å²) in [5, 5.41) is 3.09. The minimum Gasteiger partial charge on any atom is -0.352 e. The summed E-state index contributed by atoms with van der Waals surface area (Å²) in [6, 6.07) is 22.4. The van der Waals surface area contributed by atoms with E-state index in [9.17, 15) is 18.0 Å². The van der Waals surface area contributed by atoms with Crippen LogP contribution in [0.3, 0.4) is 0 Å². The molecular weight excluding hydrogens is 546 g/mol. The predicted molar refractivity (Wildman–Crippen MR) is 171 cm³/mol. The van der Waals surface area contributed by atoms with Crippen molar-refractivity contribution >= 4 is 27.5 Å². The Kier molecular flexibility index (Phi) is 11.7. The lowest BCUT2D eigenvalue weighted by Gasteiger charge is -2.33. The number of carbonyl (C=O) groups is 2. The first-order valence-corrected chi connectivity index (χ1v) is 16.5. The van der Waals surface area contributed by atoms with Gasteiger partial charge in [0.25, 0.3) is 0 Å². The van der Waals surface area contributed by atoms with E-state index >= 15 is 0 Å². The fourth-order valence-electron chi connectivity index (χ4n) is 4.95. The van der Waals surface area contributed by atoms with Crippen molar-refractivity contribution < 1.29 is 18.0 Å². The molecule has 42 heavy (non-hydrogen) atoms. The van der Waals surface area contributed by atoms with E-state index in [1.807, 2.05) is 101 Å². The SMILES string of the molecule is CCC(C)NC(=O)C(Cc1ccccc1)N(Cc1ccccc1C)C(=O)CCCN(c1cccc(C)c1C)S(C)(=O)=O. The van der Waals surface area contributed by atoms with Crippen LogP contribution in [-0.2, 0) is 32.6 Å². The molecule has 7 nitrogen and oxygen atoms in total. The van der Waals surface area contributed by atoms with Crippen LogP contribution in [0.1, 0.15) is 60.9 Å². The molecule has 0 fully saturated rings. The molecule has 0 aliphatic heterocycles. The highest BCUT2D eigenvalue weighted by atomic mass is 32.2. The van der Waals surface area contributed by atoms with E-state index in [1.165, 1.54) is 10.6 Å². The van der Waals surface area contributed by atoms with Crippen LogP contribution in [0.25, 0.3) is 0 Å². The average Bonchev–Trinajstić information content (AvgIpc) is 2.95. The second-order valence-corrected chi connectivity index (χ2v) is 13.0. The molecule has 8 heteroatoms. The number of hydrogen-bond acceptors (Lipinski definition) is 4. The summed E-state index contributed by atoms with van der Waals surface area (Å²) in [7, 11) is -3.57. The Morgan fingerprint density at radius 1 is 0.881 bits per heavy atom. The molecule has 0 bridgehead atoms. The zero-order valence-corrected chi connectivity index (χ0v) is 26.6. The van der Waals surface area contributed by atoms with Gasteiger partial charge in [-0.25, -0.2) is 8.42 Å². The zero-order chi connectivity index (χ0) is 30.9. The van der Waals surface area contributed by atoms with E-state index in [-0.39, 0.29) is 37.4 Å². The summed E-state index contributed by atoms with van der Waals surface area (Å²) in [5.41, 5.74) is 5.47. The Bertz CT molecular complexity index is 1460. The normalized spacial score (nSPS) is 12.8. The molecule has 3 rings (SSSR count). The Hall–Kier alpha value is -3.65. The summed E-state index contributed by atoms with van der Waals surface area (Å²) >= 11 is 0. The first-order chi connectivity index (χ1) is 19.9. The fraction of sp³-hybridized carbons (Fsp3) is 0.412. The van der Waals surface area contributed by atoms with E-state index in [0.29, 0.717) is 18.5 Å². The van der Waals surface area contributed by atoms with Crippen molar-refractivity contribution in [3.63, 3.8) is 0 Å². The minimum absolute atomic E-state index is 0.0351. The fourth-order valence-corrected chi connectivity index (χ4v) is 5.97. The number of sulfonamides is 1. The van der Waals surface area contributed by atoms with Gasteiger partial charge in [-0.15, -0.1) is 0 Å². The molecule has 2 unspecified atom stereocenters. The van der Waals surface area contributed by atoms with Crippen molar-refractivity contribution in [2.24, 2.45) is 0 Å². The Balaban J connectivity index is 1.92. The number of nitrogens with one attached hydrogen (secondary N) is 1. The van der Waals surface area contributed by atoms with E-state index in [2.05, 4.69) is 5.32 Å². The highest BCUT2D eigenvalue weighted by Crippen LogP contribution is 2.26. The van der Waals surface area contributed by atoms with Crippen molar-refractivity contribution in [2.45, 2.75) is 78.9 Å². The van der Waals surface area contributed by atoms with Crippen LogP contribution in [0, 0.1) is 20.8 Å². The van der Waals surface area contributed by atoms with Gasteiger partial charge >= 0.3 is 0 Å². The van der Waals surface area contributed by atoms with Gasteiger partial charge in [-0.1, -0.05) is 73.7 Å². The number of nitrogens with zero attached hydrogens (tertiary/aromatic N) is 2. The van der Waals surface area contributed by atoms with Crippen LogP contribution in [0.5, 0.6) is 0 Å². The van der Waals surface area contributed by atoms with Crippen LogP contribution >= 0.6 is 0 Å². The van der Waals surface area contributed by atoms with Gasteiger partial charge in [0.2, 0.25) is 21.8 Å². The summed E-state index contributed by atoms with van der Waals surface area (Å²) < 4.78 is 27.0. The van der Waals surface area contributed by atoms with Gasteiger partial charge in [0, 0.05) is 32.0 Å². The molecule has 0 spiro atoms. The first-order valence-electron chi connectivity index (χ1n) is 14.6. The number of aryl methyl sites for hydroxylation is 2. The highest BCUT2D eigenvalue weighted by molar-refractivity contribution is 7.92. The summed E-state index contributed by atoms with van der Waals surface area (Å²) in [4.78, 5) is 29.4. The van der Waals surface area contributed by atoms with E-state index < -0.39 is 16.1 Å². The van der Waals surface area contributed by atoms with Gasteiger partial charge in [0.1, 0.15) is 6.04 Å². The average molecular weight is 592 g/mol. The molecule has 0 aromatic heterocycles. The summed E-state index contributed by atoms with van der Waals surface area (Å²) in [5.74, 6) is -0.379. The van der Waals surface area contributed by atoms with Crippen LogP contribution in [0.4, 0.5) is 5.69 Å². The van der Waals surface area contributed by atoms with Gasteiger partial charge in [-0.3, -0.25) is 13.9 Å². The van der Waals surface area contributed by atoms with Crippen LogP contribution in [0.2, 0.25) is 0 Å². The molecule has 3 aromatic carbocycles. The Morgan fingerprint density at radius 3 is 2.17 bits per heavy atom. The number of rotatable bonds is 14. The lowest BCUT2D eigenvalue weighted by molar-refractivity contribution is -0.141. The lowest BCUT2D eigenvalue weighted by Crippen LogP contribution is -2.52. The summed E-state index contributed by atoms with van der Waals surface area (Å²) in [6.45, 7) is 10.3. The largest absolute Gasteiger partial charge is 0.352 e. The van der Waals surface area contributed by atoms with E-state index in [4.69, 9.17) is 0 Å². The van der Waals surface area contributed by atoms with Crippen LogP contribution in [0.15, 0.2) is 72.8 Å². The third-order valence-electron chi connectivity index (χ3n) is 7.87. The molecule has 1 N–H and O–H groups in total. The topological polar surface area (TPSA) is 86.8 Å². The first kappa shape index (κ1) is 32.9. The van der Waals surface area contributed by atoms with Crippen molar-refractivity contribution in [1.29, 1.82) is 0 Å². The molecule has 3 aromatic rings. The third-order valence-corrected chi connectivity index (χ3v) is 9.05. The quantitative estimate of drug-likeness (QED) is 0.260. The van der Waals surface area contributed by atoms with Crippen LogP contribution in [-0.4, -0.2) is 50.0 Å². The molecule has 0 saturated heterocycles. The number of hydrogen-bond donors (Lipinski definition) is 1. The van der Waals surface area contributed by atoms with Crippen molar-refractivity contribution in [1.82, 2.24) is 10.2 Å². The van der Waals surface area contributed by atoms with Crippen molar-refractivity contribution in [2.75, 3.05) is 17.1 Å². The number of anilines is 1. The maximum atomic E-state index is 14.0. The van der Waals surface area contributed by atoms with Gasteiger partial charge in [0.05, 0.1) is 11.9 Å². The second-order valence-electron chi connectivity index (χ2n) is 11.1. The van der Waals surface area contributed by atoms with Gasteiger partial charge in [0.15, 0.2) is 0 Å². The lowest BCUT2D eigenvalue weighted by atomic mass is 10.0. The van der Waals surface area contributed by atoms with Gasteiger partial charge in [-0.2, -0.15) is 0 Å².